The molecule has 4 heteroatoms. The van der Waals surface area contributed by atoms with E-state index in [0.717, 1.165) is 18.0 Å². The molecule has 0 radical (unpaired) electrons. The number of nitrogens with one attached hydrogen (secondary N) is 1. The molecule has 3 nitrogen and oxygen atoms in total. The number of nitrogens with zero attached hydrogens (tertiary/aromatic N) is 2. The third-order valence-corrected chi connectivity index (χ3v) is 3.36. The quantitative estimate of drug-likeness (QED) is 0.899. The summed E-state index contributed by atoms with van der Waals surface area (Å²) in [6.07, 6.45) is 2.78. The van der Waals surface area contributed by atoms with Gasteiger partial charge >= 0.3 is 0 Å². The zero-order valence-corrected chi connectivity index (χ0v) is 11.5. The van der Waals surface area contributed by atoms with Crippen LogP contribution < -0.4 is 5.32 Å². The molecule has 0 aliphatic rings. The van der Waals surface area contributed by atoms with E-state index in [2.05, 4.69) is 35.5 Å². The van der Waals surface area contributed by atoms with E-state index in [1.807, 2.05) is 30.1 Å². The Balaban J connectivity index is 2.17. The highest BCUT2D eigenvalue weighted by atomic mass is 35.5. The van der Waals surface area contributed by atoms with E-state index < -0.39 is 0 Å². The molecule has 0 aliphatic carbocycles. The normalized spacial score (nSPS) is 12.6. The van der Waals surface area contributed by atoms with Crippen molar-refractivity contribution >= 4 is 11.6 Å². The Morgan fingerprint density at radius 3 is 2.61 bits per heavy atom. The average Bonchev–Trinajstić information content (AvgIpc) is 2.86. The molecule has 2 rings (SSSR count). The first-order valence-corrected chi connectivity index (χ1v) is 6.55. The molecule has 18 heavy (non-hydrogen) atoms. The summed E-state index contributed by atoms with van der Waals surface area (Å²) in [5, 5.41) is 8.44. The molecule has 1 heterocycles. The maximum Gasteiger partial charge on any atom is 0.0556 e. The van der Waals surface area contributed by atoms with Crippen molar-refractivity contribution in [3.05, 3.63) is 52.8 Å². The lowest BCUT2D eigenvalue weighted by atomic mass is 10.0. The van der Waals surface area contributed by atoms with Gasteiger partial charge in [0, 0.05) is 17.8 Å². The fourth-order valence-corrected chi connectivity index (χ4v) is 2.24. The van der Waals surface area contributed by atoms with Gasteiger partial charge in [0.25, 0.3) is 0 Å². The van der Waals surface area contributed by atoms with Gasteiger partial charge in [-0.25, -0.2) is 0 Å². The van der Waals surface area contributed by atoms with Crippen molar-refractivity contribution < 1.29 is 0 Å². The molecule has 0 saturated carbocycles. The molecule has 1 atom stereocenters. The Labute approximate surface area is 113 Å². The number of likely N-dealkylation sites (N-methyl/N-ethyl adjacent to an activating group) is 1. The summed E-state index contributed by atoms with van der Waals surface area (Å²) in [7, 11) is 1.98. The second-order valence-corrected chi connectivity index (χ2v) is 4.68. The molecule has 0 bridgehead atoms. The minimum atomic E-state index is 0.272. The highest BCUT2D eigenvalue weighted by Crippen LogP contribution is 2.19. The van der Waals surface area contributed by atoms with Crippen molar-refractivity contribution in [2.24, 2.45) is 0 Å². The molecular formula is C14H18ClN3. The van der Waals surface area contributed by atoms with Gasteiger partial charge in [-0.15, -0.1) is 0 Å². The van der Waals surface area contributed by atoms with Crippen molar-refractivity contribution in [1.29, 1.82) is 0 Å². The first kappa shape index (κ1) is 13.1. The Kier molecular flexibility index (Phi) is 4.39. The van der Waals surface area contributed by atoms with Crippen LogP contribution in [-0.2, 0) is 13.0 Å². The van der Waals surface area contributed by atoms with Gasteiger partial charge in [-0.2, -0.15) is 5.10 Å². The number of hydrogen-bond acceptors (Lipinski definition) is 2. The van der Waals surface area contributed by atoms with Crippen LogP contribution in [0.25, 0.3) is 0 Å². The van der Waals surface area contributed by atoms with Crippen molar-refractivity contribution in [3.8, 4) is 0 Å². The van der Waals surface area contributed by atoms with Crippen LogP contribution in [0.2, 0.25) is 5.02 Å². The maximum atomic E-state index is 5.90. The maximum absolute atomic E-state index is 5.90. The number of aryl methyl sites for hydroxylation is 1. The molecule has 1 N–H and O–H groups in total. The minimum absolute atomic E-state index is 0.272. The lowest BCUT2D eigenvalue weighted by molar-refractivity contribution is 0.513. The third-order valence-electron chi connectivity index (χ3n) is 3.11. The largest absolute Gasteiger partial charge is 0.311 e. The average molecular weight is 264 g/mol. The van der Waals surface area contributed by atoms with Gasteiger partial charge < -0.3 is 5.32 Å². The fourth-order valence-electron chi connectivity index (χ4n) is 2.11. The molecule has 0 fully saturated rings. The third kappa shape index (κ3) is 2.92. The van der Waals surface area contributed by atoms with E-state index in [1.54, 1.807) is 0 Å². The second kappa shape index (κ2) is 6.03. The van der Waals surface area contributed by atoms with Gasteiger partial charge in [-0.3, -0.25) is 4.68 Å². The molecule has 96 valence electrons. The molecule has 0 spiro atoms. The first-order chi connectivity index (χ1) is 8.74. The lowest BCUT2D eigenvalue weighted by Gasteiger charge is -2.17. The Morgan fingerprint density at radius 1 is 1.28 bits per heavy atom. The number of halogens is 1. The summed E-state index contributed by atoms with van der Waals surface area (Å²) in [4.78, 5) is 0. The lowest BCUT2D eigenvalue weighted by Crippen LogP contribution is -2.22. The summed E-state index contributed by atoms with van der Waals surface area (Å²) in [5.41, 5.74) is 2.48. The number of aromatic nitrogens is 2. The Hall–Kier alpha value is -1.32. The molecule has 1 aromatic carbocycles. The van der Waals surface area contributed by atoms with Crippen LogP contribution in [0.5, 0.6) is 0 Å². The number of benzene rings is 1. The van der Waals surface area contributed by atoms with E-state index in [-0.39, 0.29) is 6.04 Å². The second-order valence-electron chi connectivity index (χ2n) is 4.24. The van der Waals surface area contributed by atoms with E-state index in [1.165, 1.54) is 11.3 Å². The molecule has 0 saturated heterocycles. The summed E-state index contributed by atoms with van der Waals surface area (Å²) in [6.45, 7) is 2.99. The van der Waals surface area contributed by atoms with Gasteiger partial charge in [0.1, 0.15) is 0 Å². The topological polar surface area (TPSA) is 29.9 Å². The minimum Gasteiger partial charge on any atom is -0.311 e. The van der Waals surface area contributed by atoms with Crippen molar-refractivity contribution in [3.63, 3.8) is 0 Å². The van der Waals surface area contributed by atoms with Crippen LogP contribution in [0.15, 0.2) is 36.5 Å². The molecule has 0 aliphatic heterocycles. The van der Waals surface area contributed by atoms with Crippen LogP contribution in [0.1, 0.15) is 24.2 Å². The van der Waals surface area contributed by atoms with E-state index >= 15 is 0 Å². The first-order valence-electron chi connectivity index (χ1n) is 6.18. The fraction of sp³-hybridized carbons (Fsp3) is 0.357. The van der Waals surface area contributed by atoms with E-state index in [0.29, 0.717) is 0 Å². The van der Waals surface area contributed by atoms with Gasteiger partial charge in [0.05, 0.1) is 11.7 Å². The van der Waals surface area contributed by atoms with E-state index in [9.17, 15) is 0 Å². The Bertz CT molecular complexity index is 490. The molecule has 1 aromatic heterocycles. The zero-order valence-electron chi connectivity index (χ0n) is 10.7. The smallest absolute Gasteiger partial charge is 0.0556 e. The van der Waals surface area contributed by atoms with Crippen LogP contribution in [0.4, 0.5) is 0 Å². The van der Waals surface area contributed by atoms with Gasteiger partial charge in [-0.05, 0) is 44.2 Å². The molecule has 2 aromatic rings. The van der Waals surface area contributed by atoms with Gasteiger partial charge in [0.15, 0.2) is 0 Å². The molecule has 0 amide bonds. The van der Waals surface area contributed by atoms with Gasteiger partial charge in [0.2, 0.25) is 0 Å². The number of rotatable bonds is 5. The molecule has 1 unspecified atom stereocenters. The van der Waals surface area contributed by atoms with Crippen LogP contribution in [0, 0.1) is 0 Å². The van der Waals surface area contributed by atoms with Crippen LogP contribution in [-0.4, -0.2) is 16.8 Å². The highest BCUT2D eigenvalue weighted by molar-refractivity contribution is 6.30. The Morgan fingerprint density at radius 2 is 2.00 bits per heavy atom. The SMILES string of the molecule is CCn1nccc1C(Cc1ccc(Cl)cc1)NC. The van der Waals surface area contributed by atoms with Crippen molar-refractivity contribution in [1.82, 2.24) is 15.1 Å². The highest BCUT2D eigenvalue weighted by Gasteiger charge is 2.14. The zero-order chi connectivity index (χ0) is 13.0. The molecular weight excluding hydrogens is 246 g/mol. The summed E-state index contributed by atoms with van der Waals surface area (Å²) in [5.74, 6) is 0. The van der Waals surface area contributed by atoms with Crippen molar-refractivity contribution in [2.45, 2.75) is 25.9 Å². The summed E-state index contributed by atoms with van der Waals surface area (Å²) >= 11 is 5.90. The summed E-state index contributed by atoms with van der Waals surface area (Å²) in [6, 6.07) is 10.3. The van der Waals surface area contributed by atoms with Crippen LogP contribution >= 0.6 is 11.6 Å². The van der Waals surface area contributed by atoms with Crippen molar-refractivity contribution in [2.75, 3.05) is 7.05 Å². The monoisotopic (exact) mass is 263 g/mol. The van der Waals surface area contributed by atoms with E-state index in [4.69, 9.17) is 11.6 Å². The predicted octanol–water partition coefficient (Wildman–Crippen LogP) is 3.06. The van der Waals surface area contributed by atoms with Crippen LogP contribution in [0.3, 0.4) is 0 Å². The number of hydrogen-bond donors (Lipinski definition) is 1. The predicted molar refractivity (Wildman–Crippen MR) is 74.9 cm³/mol. The summed E-state index contributed by atoms with van der Waals surface area (Å²) < 4.78 is 2.02. The van der Waals surface area contributed by atoms with Gasteiger partial charge in [-0.1, -0.05) is 23.7 Å². The standard InChI is InChI=1S/C14H18ClN3/c1-3-18-14(8-9-17-18)13(16-2)10-11-4-6-12(15)7-5-11/h4-9,13,16H,3,10H2,1-2H3.